The van der Waals surface area contributed by atoms with Crippen LogP contribution in [0.3, 0.4) is 0 Å². The second-order valence-electron chi connectivity index (χ2n) is 3.82. The maximum atomic E-state index is 12.4. The number of nitrogens with two attached hydrogens (primary N) is 1. The largest absolute Gasteiger partial charge is 0.416 e. The standard InChI is InChI=1S/C10H12F3NO2S/c1-17(15,16)6-9(14)7-3-2-4-8(5-7)10(11,12)13/h2-5,9H,6,14H2,1H3/t9-/m0/s1. The van der Waals surface area contributed by atoms with Gasteiger partial charge in [0.05, 0.1) is 11.3 Å². The van der Waals surface area contributed by atoms with Crippen molar-refractivity contribution in [1.82, 2.24) is 0 Å². The van der Waals surface area contributed by atoms with Crippen molar-refractivity contribution in [3.05, 3.63) is 35.4 Å². The fourth-order valence-electron chi connectivity index (χ4n) is 1.37. The van der Waals surface area contributed by atoms with E-state index < -0.39 is 27.6 Å². The Morgan fingerprint density at radius 2 is 1.94 bits per heavy atom. The summed E-state index contributed by atoms with van der Waals surface area (Å²) < 4.78 is 59.2. The van der Waals surface area contributed by atoms with Crippen LogP contribution in [-0.4, -0.2) is 20.4 Å². The minimum absolute atomic E-state index is 0.158. The van der Waals surface area contributed by atoms with Crippen molar-refractivity contribution < 1.29 is 21.6 Å². The van der Waals surface area contributed by atoms with Crippen LogP contribution in [0.5, 0.6) is 0 Å². The molecule has 0 radical (unpaired) electrons. The molecule has 0 aliphatic carbocycles. The number of benzene rings is 1. The first-order valence-electron chi connectivity index (χ1n) is 4.70. The van der Waals surface area contributed by atoms with Gasteiger partial charge in [0, 0.05) is 12.3 Å². The third-order valence-corrected chi connectivity index (χ3v) is 3.09. The molecule has 17 heavy (non-hydrogen) atoms. The highest BCUT2D eigenvalue weighted by Crippen LogP contribution is 2.30. The summed E-state index contributed by atoms with van der Waals surface area (Å²) >= 11 is 0. The molecule has 0 amide bonds. The third kappa shape index (κ3) is 4.35. The summed E-state index contributed by atoms with van der Waals surface area (Å²) in [4.78, 5) is 0. The lowest BCUT2D eigenvalue weighted by molar-refractivity contribution is -0.137. The van der Waals surface area contributed by atoms with Crippen molar-refractivity contribution in [1.29, 1.82) is 0 Å². The van der Waals surface area contributed by atoms with Crippen LogP contribution in [0.15, 0.2) is 24.3 Å². The number of sulfone groups is 1. The van der Waals surface area contributed by atoms with Gasteiger partial charge in [-0.1, -0.05) is 12.1 Å². The highest BCUT2D eigenvalue weighted by molar-refractivity contribution is 7.90. The second-order valence-corrected chi connectivity index (χ2v) is 6.01. The lowest BCUT2D eigenvalue weighted by atomic mass is 10.1. The minimum Gasteiger partial charge on any atom is -0.323 e. The van der Waals surface area contributed by atoms with Gasteiger partial charge < -0.3 is 5.73 Å². The van der Waals surface area contributed by atoms with E-state index in [0.717, 1.165) is 18.4 Å². The molecule has 0 saturated heterocycles. The molecule has 1 aromatic rings. The SMILES string of the molecule is CS(=O)(=O)C[C@H](N)c1cccc(C(F)(F)F)c1. The van der Waals surface area contributed by atoms with Crippen molar-refractivity contribution >= 4 is 9.84 Å². The van der Waals surface area contributed by atoms with Crippen LogP contribution < -0.4 is 5.73 Å². The fourth-order valence-corrected chi connectivity index (χ4v) is 2.21. The van der Waals surface area contributed by atoms with Crippen LogP contribution in [0.4, 0.5) is 13.2 Å². The first kappa shape index (κ1) is 14.0. The predicted octanol–water partition coefficient (Wildman–Crippen LogP) is 1.75. The average molecular weight is 267 g/mol. The van der Waals surface area contributed by atoms with Gasteiger partial charge in [-0.2, -0.15) is 13.2 Å². The molecule has 1 atom stereocenters. The van der Waals surface area contributed by atoms with Gasteiger partial charge in [-0.05, 0) is 17.7 Å². The van der Waals surface area contributed by atoms with Crippen LogP contribution >= 0.6 is 0 Å². The van der Waals surface area contributed by atoms with Crippen LogP contribution in [0, 0.1) is 0 Å². The van der Waals surface area contributed by atoms with Gasteiger partial charge in [0.25, 0.3) is 0 Å². The van der Waals surface area contributed by atoms with E-state index in [2.05, 4.69) is 0 Å². The molecule has 3 nitrogen and oxygen atoms in total. The van der Waals surface area contributed by atoms with E-state index in [1.165, 1.54) is 12.1 Å². The van der Waals surface area contributed by atoms with Crippen molar-refractivity contribution in [3.8, 4) is 0 Å². The Balaban J connectivity index is 3.00. The molecule has 0 heterocycles. The van der Waals surface area contributed by atoms with E-state index in [1.54, 1.807) is 0 Å². The van der Waals surface area contributed by atoms with Gasteiger partial charge in [0.15, 0.2) is 0 Å². The molecular formula is C10H12F3NO2S. The molecule has 0 bridgehead atoms. The number of hydrogen-bond donors (Lipinski definition) is 1. The summed E-state index contributed by atoms with van der Waals surface area (Å²) in [5, 5.41) is 0. The van der Waals surface area contributed by atoms with Crippen molar-refractivity contribution in [3.63, 3.8) is 0 Å². The molecule has 2 N–H and O–H groups in total. The Morgan fingerprint density at radius 3 is 2.41 bits per heavy atom. The third-order valence-electron chi connectivity index (χ3n) is 2.12. The van der Waals surface area contributed by atoms with E-state index in [4.69, 9.17) is 5.73 Å². The summed E-state index contributed by atoms with van der Waals surface area (Å²) in [5.41, 5.74) is 4.87. The summed E-state index contributed by atoms with van der Waals surface area (Å²) in [5.74, 6) is -0.381. The first-order valence-corrected chi connectivity index (χ1v) is 6.76. The smallest absolute Gasteiger partial charge is 0.323 e. The number of alkyl halides is 3. The Bertz CT molecular complexity index is 497. The van der Waals surface area contributed by atoms with Gasteiger partial charge in [-0.25, -0.2) is 8.42 Å². The van der Waals surface area contributed by atoms with Crippen molar-refractivity contribution in [2.75, 3.05) is 12.0 Å². The van der Waals surface area contributed by atoms with E-state index in [0.29, 0.717) is 0 Å². The summed E-state index contributed by atoms with van der Waals surface area (Å²) in [6.45, 7) is 0. The van der Waals surface area contributed by atoms with Crippen molar-refractivity contribution in [2.45, 2.75) is 12.2 Å². The van der Waals surface area contributed by atoms with E-state index in [1.807, 2.05) is 0 Å². The van der Waals surface area contributed by atoms with Crippen LogP contribution in [0.2, 0.25) is 0 Å². The molecule has 1 aromatic carbocycles. The van der Waals surface area contributed by atoms with Gasteiger partial charge >= 0.3 is 6.18 Å². The van der Waals surface area contributed by atoms with Crippen molar-refractivity contribution in [2.24, 2.45) is 5.73 Å². The summed E-state index contributed by atoms with van der Waals surface area (Å²) in [6, 6.07) is 3.42. The Kier molecular flexibility index (Phi) is 3.83. The zero-order valence-corrected chi connectivity index (χ0v) is 9.85. The molecule has 1 rings (SSSR count). The Labute approximate surface area is 97.4 Å². The van der Waals surface area contributed by atoms with Gasteiger partial charge in [0.1, 0.15) is 9.84 Å². The molecule has 0 aliphatic rings. The van der Waals surface area contributed by atoms with Gasteiger partial charge in [-0.15, -0.1) is 0 Å². The molecule has 0 spiro atoms. The summed E-state index contributed by atoms with van der Waals surface area (Å²) in [6.07, 6.45) is -3.47. The fraction of sp³-hybridized carbons (Fsp3) is 0.400. The van der Waals surface area contributed by atoms with E-state index in [9.17, 15) is 21.6 Å². The highest BCUT2D eigenvalue weighted by Gasteiger charge is 2.30. The van der Waals surface area contributed by atoms with Gasteiger partial charge in [0.2, 0.25) is 0 Å². The molecule has 0 aromatic heterocycles. The topological polar surface area (TPSA) is 60.2 Å². The van der Waals surface area contributed by atoms with E-state index >= 15 is 0 Å². The average Bonchev–Trinajstić information content (AvgIpc) is 2.14. The summed E-state index contributed by atoms with van der Waals surface area (Å²) in [7, 11) is -3.33. The monoisotopic (exact) mass is 267 g/mol. The van der Waals surface area contributed by atoms with Crippen LogP contribution in [0.1, 0.15) is 17.2 Å². The lowest BCUT2D eigenvalue weighted by Crippen LogP contribution is -2.21. The molecule has 0 aliphatic heterocycles. The predicted molar refractivity (Wildman–Crippen MR) is 58.1 cm³/mol. The zero-order chi connectivity index (χ0) is 13.3. The Morgan fingerprint density at radius 1 is 1.35 bits per heavy atom. The first-order chi connectivity index (χ1) is 7.59. The van der Waals surface area contributed by atoms with Crippen LogP contribution in [0.25, 0.3) is 0 Å². The molecular weight excluding hydrogens is 255 g/mol. The molecule has 0 unspecified atom stereocenters. The Hall–Kier alpha value is -1.08. The minimum atomic E-state index is -4.46. The molecule has 96 valence electrons. The number of rotatable bonds is 3. The lowest BCUT2D eigenvalue weighted by Gasteiger charge is -2.13. The zero-order valence-electron chi connectivity index (χ0n) is 9.03. The second kappa shape index (κ2) is 4.66. The van der Waals surface area contributed by atoms with Gasteiger partial charge in [-0.3, -0.25) is 0 Å². The quantitative estimate of drug-likeness (QED) is 0.907. The van der Waals surface area contributed by atoms with Crippen LogP contribution in [-0.2, 0) is 16.0 Å². The maximum Gasteiger partial charge on any atom is 0.416 e. The molecule has 0 saturated carbocycles. The maximum absolute atomic E-state index is 12.4. The highest BCUT2D eigenvalue weighted by atomic mass is 32.2. The number of halogens is 3. The normalized spacial score (nSPS) is 14.6. The molecule has 7 heteroatoms. The van der Waals surface area contributed by atoms with E-state index in [-0.39, 0.29) is 11.3 Å². The molecule has 0 fully saturated rings. The number of hydrogen-bond acceptors (Lipinski definition) is 3.